The van der Waals surface area contributed by atoms with Crippen molar-refractivity contribution in [3.8, 4) is 0 Å². The molecule has 1 aromatic carbocycles. The van der Waals surface area contributed by atoms with Gasteiger partial charge in [0.05, 0.1) is 4.92 Å². The van der Waals surface area contributed by atoms with Gasteiger partial charge in [-0.2, -0.15) is 0 Å². The molecule has 2 aliphatic rings. The van der Waals surface area contributed by atoms with Gasteiger partial charge in [0, 0.05) is 31.3 Å². The maximum absolute atomic E-state index is 10.6. The highest BCUT2D eigenvalue weighted by molar-refractivity contribution is 5.32. The number of fused-ring (bicyclic) bond motifs is 1. The van der Waals surface area contributed by atoms with E-state index in [-0.39, 0.29) is 10.6 Å². The molecule has 2 unspecified atom stereocenters. The number of hydrogen-bond acceptors (Lipinski definition) is 4. The number of non-ortho nitro benzene ring substituents is 1. The zero-order valence-electron chi connectivity index (χ0n) is 10.9. The Hall–Kier alpha value is -1.46. The Bertz CT molecular complexity index is 460. The van der Waals surface area contributed by atoms with E-state index < -0.39 is 0 Å². The zero-order chi connectivity index (χ0) is 13.2. The fourth-order valence-electron chi connectivity index (χ4n) is 3.32. The quantitative estimate of drug-likeness (QED) is 0.665. The summed E-state index contributed by atoms with van der Waals surface area (Å²) < 4.78 is 0. The van der Waals surface area contributed by atoms with Gasteiger partial charge >= 0.3 is 0 Å². The molecule has 2 fully saturated rings. The summed E-state index contributed by atoms with van der Waals surface area (Å²) in [6.45, 7) is 4.26. The van der Waals surface area contributed by atoms with Gasteiger partial charge in [-0.15, -0.1) is 0 Å². The van der Waals surface area contributed by atoms with Gasteiger partial charge < -0.3 is 5.32 Å². The van der Waals surface area contributed by atoms with Crippen molar-refractivity contribution in [1.82, 2.24) is 10.2 Å². The van der Waals surface area contributed by atoms with Crippen LogP contribution in [0.3, 0.4) is 0 Å². The van der Waals surface area contributed by atoms with E-state index >= 15 is 0 Å². The Labute approximate surface area is 112 Å². The lowest BCUT2D eigenvalue weighted by molar-refractivity contribution is -0.384. The van der Waals surface area contributed by atoms with Crippen molar-refractivity contribution in [1.29, 1.82) is 0 Å². The lowest BCUT2D eigenvalue weighted by Gasteiger charge is -2.37. The molecule has 2 aliphatic heterocycles. The van der Waals surface area contributed by atoms with Gasteiger partial charge in [0.25, 0.3) is 5.69 Å². The fourth-order valence-corrected chi connectivity index (χ4v) is 3.32. The Morgan fingerprint density at radius 2 is 2.11 bits per heavy atom. The molecule has 19 heavy (non-hydrogen) atoms. The number of likely N-dealkylation sites (tertiary alicyclic amines) is 1. The number of nitrogens with zero attached hydrogens (tertiary/aromatic N) is 2. The molecule has 0 amide bonds. The second kappa shape index (κ2) is 5.27. The molecule has 1 N–H and O–H groups in total. The van der Waals surface area contributed by atoms with Gasteiger partial charge in [-0.1, -0.05) is 12.1 Å². The molecule has 1 aromatic rings. The van der Waals surface area contributed by atoms with Crippen LogP contribution in [0.1, 0.15) is 18.4 Å². The lowest BCUT2D eigenvalue weighted by Crippen LogP contribution is -2.44. The molecule has 0 aliphatic carbocycles. The van der Waals surface area contributed by atoms with Crippen molar-refractivity contribution in [2.24, 2.45) is 5.92 Å². The normalized spacial score (nSPS) is 27.2. The van der Waals surface area contributed by atoms with E-state index in [0.29, 0.717) is 6.04 Å². The van der Waals surface area contributed by atoms with Crippen LogP contribution in [0, 0.1) is 16.0 Å². The largest absolute Gasteiger partial charge is 0.315 e. The minimum Gasteiger partial charge on any atom is -0.315 e. The lowest BCUT2D eigenvalue weighted by atomic mass is 9.91. The summed E-state index contributed by atoms with van der Waals surface area (Å²) in [5.74, 6) is 0.784. The van der Waals surface area contributed by atoms with Crippen LogP contribution in [-0.2, 0) is 6.54 Å². The third-order valence-corrected chi connectivity index (χ3v) is 4.33. The Morgan fingerprint density at radius 1 is 1.32 bits per heavy atom. The third kappa shape index (κ3) is 2.62. The first-order valence-corrected chi connectivity index (χ1v) is 6.92. The predicted octanol–water partition coefficient (Wildman–Crippen LogP) is 1.78. The standard InChI is InChI=1S/C14H19N3O2/c18-17(19)13-5-3-11(4-6-13)10-16-7-1-2-12-8-15-9-14(12)16/h3-6,12,14-15H,1-2,7-10H2. The molecule has 2 heterocycles. The molecule has 2 saturated heterocycles. The van der Waals surface area contributed by atoms with Crippen LogP contribution in [0.2, 0.25) is 0 Å². The molecule has 0 spiro atoms. The summed E-state index contributed by atoms with van der Waals surface area (Å²) in [6.07, 6.45) is 2.59. The minimum absolute atomic E-state index is 0.169. The molecule has 5 nitrogen and oxygen atoms in total. The van der Waals surface area contributed by atoms with Crippen molar-refractivity contribution in [3.05, 3.63) is 39.9 Å². The summed E-state index contributed by atoms with van der Waals surface area (Å²) >= 11 is 0. The van der Waals surface area contributed by atoms with Crippen LogP contribution in [-0.4, -0.2) is 35.5 Å². The van der Waals surface area contributed by atoms with Gasteiger partial charge in [-0.3, -0.25) is 15.0 Å². The molecule has 0 radical (unpaired) electrons. The van der Waals surface area contributed by atoms with Gasteiger partial charge in [0.1, 0.15) is 0 Å². The van der Waals surface area contributed by atoms with E-state index in [1.807, 2.05) is 12.1 Å². The molecular weight excluding hydrogens is 242 g/mol. The Morgan fingerprint density at radius 3 is 2.84 bits per heavy atom. The van der Waals surface area contributed by atoms with E-state index in [0.717, 1.165) is 37.7 Å². The highest BCUT2D eigenvalue weighted by Gasteiger charge is 2.34. The van der Waals surface area contributed by atoms with Gasteiger partial charge in [0.15, 0.2) is 0 Å². The SMILES string of the molecule is O=[N+]([O-])c1ccc(CN2CCCC3CNCC32)cc1. The summed E-state index contributed by atoms with van der Waals surface area (Å²) in [6, 6.07) is 7.60. The predicted molar refractivity (Wildman–Crippen MR) is 72.9 cm³/mol. The summed E-state index contributed by atoms with van der Waals surface area (Å²) in [4.78, 5) is 12.8. The van der Waals surface area contributed by atoms with Crippen molar-refractivity contribution >= 4 is 5.69 Å². The summed E-state index contributed by atoms with van der Waals surface area (Å²) in [7, 11) is 0. The summed E-state index contributed by atoms with van der Waals surface area (Å²) in [5, 5.41) is 14.1. The van der Waals surface area contributed by atoms with Crippen LogP contribution >= 0.6 is 0 Å². The van der Waals surface area contributed by atoms with Crippen molar-refractivity contribution < 1.29 is 4.92 Å². The first-order chi connectivity index (χ1) is 9.24. The van der Waals surface area contributed by atoms with E-state index in [4.69, 9.17) is 0 Å². The molecule has 0 aromatic heterocycles. The average molecular weight is 261 g/mol. The Kier molecular flexibility index (Phi) is 3.48. The van der Waals surface area contributed by atoms with Gasteiger partial charge in [-0.25, -0.2) is 0 Å². The average Bonchev–Trinajstić information content (AvgIpc) is 2.89. The Balaban J connectivity index is 1.68. The maximum Gasteiger partial charge on any atom is 0.269 e. The van der Waals surface area contributed by atoms with Crippen molar-refractivity contribution in [2.45, 2.75) is 25.4 Å². The second-order valence-electron chi connectivity index (χ2n) is 5.52. The van der Waals surface area contributed by atoms with Crippen LogP contribution < -0.4 is 5.32 Å². The maximum atomic E-state index is 10.6. The van der Waals surface area contributed by atoms with E-state index in [9.17, 15) is 10.1 Å². The molecule has 0 saturated carbocycles. The zero-order valence-corrected chi connectivity index (χ0v) is 10.9. The second-order valence-corrected chi connectivity index (χ2v) is 5.52. The summed E-state index contributed by atoms with van der Waals surface area (Å²) in [5.41, 5.74) is 1.33. The van der Waals surface area contributed by atoms with Crippen LogP contribution in [0.15, 0.2) is 24.3 Å². The number of benzene rings is 1. The molecule has 5 heteroatoms. The van der Waals surface area contributed by atoms with E-state index in [1.165, 1.54) is 12.8 Å². The molecule has 0 bridgehead atoms. The van der Waals surface area contributed by atoms with Crippen molar-refractivity contribution in [2.75, 3.05) is 19.6 Å². The number of nitro groups is 1. The van der Waals surface area contributed by atoms with E-state index in [1.54, 1.807) is 12.1 Å². The first kappa shape index (κ1) is 12.6. The number of rotatable bonds is 3. The number of hydrogen-bond donors (Lipinski definition) is 1. The van der Waals surface area contributed by atoms with Crippen LogP contribution in [0.25, 0.3) is 0 Å². The van der Waals surface area contributed by atoms with Crippen LogP contribution in [0.4, 0.5) is 5.69 Å². The number of nitro benzene ring substituents is 1. The van der Waals surface area contributed by atoms with Crippen molar-refractivity contribution in [3.63, 3.8) is 0 Å². The third-order valence-electron chi connectivity index (χ3n) is 4.33. The smallest absolute Gasteiger partial charge is 0.269 e. The molecule has 102 valence electrons. The van der Waals surface area contributed by atoms with E-state index in [2.05, 4.69) is 10.2 Å². The first-order valence-electron chi connectivity index (χ1n) is 6.92. The monoisotopic (exact) mass is 261 g/mol. The minimum atomic E-state index is -0.346. The highest BCUT2D eigenvalue weighted by atomic mass is 16.6. The molecule has 3 rings (SSSR count). The number of piperidine rings is 1. The molecular formula is C14H19N3O2. The van der Waals surface area contributed by atoms with Crippen LogP contribution in [0.5, 0.6) is 0 Å². The highest BCUT2D eigenvalue weighted by Crippen LogP contribution is 2.27. The van der Waals surface area contributed by atoms with Gasteiger partial charge in [-0.05, 0) is 37.4 Å². The topological polar surface area (TPSA) is 58.4 Å². The molecule has 2 atom stereocenters. The van der Waals surface area contributed by atoms with Gasteiger partial charge in [0.2, 0.25) is 0 Å². The number of nitrogens with one attached hydrogen (secondary N) is 1. The fraction of sp³-hybridized carbons (Fsp3) is 0.571.